The molecule has 4 nitrogen and oxygen atoms in total. The van der Waals surface area contributed by atoms with Crippen LogP contribution in [0.15, 0.2) is 34.7 Å². The minimum Gasteiger partial charge on any atom is -0.423 e. The molecule has 0 radical (unpaired) electrons. The van der Waals surface area contributed by atoms with Crippen LogP contribution in [-0.4, -0.2) is 16.7 Å². The predicted octanol–water partition coefficient (Wildman–Crippen LogP) is 3.36. The van der Waals surface area contributed by atoms with E-state index in [0.29, 0.717) is 11.8 Å². The Bertz CT molecular complexity index is 509. The van der Waals surface area contributed by atoms with E-state index in [2.05, 4.69) is 48.4 Å². The second-order valence-corrected chi connectivity index (χ2v) is 5.15. The van der Waals surface area contributed by atoms with Gasteiger partial charge in [0.25, 0.3) is 0 Å². The lowest BCUT2D eigenvalue weighted by molar-refractivity contribution is 0.385. The Morgan fingerprint density at radius 2 is 1.90 bits per heavy atom. The number of nitrogens with zero attached hydrogens (tertiary/aromatic N) is 2. The molecule has 2 aromatic rings. The lowest BCUT2D eigenvalue weighted by Crippen LogP contribution is -2.22. The van der Waals surface area contributed by atoms with Gasteiger partial charge in [-0.3, -0.25) is 0 Å². The standard InChI is InChI=1S/C16H23N3O/c1-4-12(3)11-14-18-19-16(20-14)15(17-5-2)13-9-7-6-8-10-13/h6-10,12,15,17H,4-5,11H2,1-3H3. The molecule has 0 bridgehead atoms. The zero-order chi connectivity index (χ0) is 14.4. The summed E-state index contributed by atoms with van der Waals surface area (Å²) >= 11 is 0. The molecule has 1 aromatic heterocycles. The van der Waals surface area contributed by atoms with Crippen LogP contribution in [0.2, 0.25) is 0 Å². The Morgan fingerprint density at radius 3 is 2.55 bits per heavy atom. The van der Waals surface area contributed by atoms with Crippen LogP contribution in [0, 0.1) is 5.92 Å². The van der Waals surface area contributed by atoms with E-state index in [9.17, 15) is 0 Å². The van der Waals surface area contributed by atoms with E-state index in [1.165, 1.54) is 0 Å². The molecule has 20 heavy (non-hydrogen) atoms. The minimum atomic E-state index is -0.0283. The van der Waals surface area contributed by atoms with Crippen LogP contribution in [0.4, 0.5) is 0 Å². The Morgan fingerprint density at radius 1 is 1.15 bits per heavy atom. The largest absolute Gasteiger partial charge is 0.423 e. The van der Waals surface area contributed by atoms with Crippen molar-refractivity contribution < 1.29 is 4.42 Å². The minimum absolute atomic E-state index is 0.0283. The molecule has 0 aliphatic carbocycles. The molecule has 2 rings (SSSR count). The number of nitrogens with one attached hydrogen (secondary N) is 1. The van der Waals surface area contributed by atoms with Crippen molar-refractivity contribution in [2.45, 2.75) is 39.7 Å². The molecule has 1 heterocycles. The summed E-state index contributed by atoms with van der Waals surface area (Å²) in [5.74, 6) is 1.95. The lowest BCUT2D eigenvalue weighted by atomic mass is 10.1. The second kappa shape index (κ2) is 7.20. The van der Waals surface area contributed by atoms with Gasteiger partial charge in [0.15, 0.2) is 0 Å². The van der Waals surface area contributed by atoms with E-state index in [4.69, 9.17) is 4.42 Å². The van der Waals surface area contributed by atoms with E-state index in [1.54, 1.807) is 0 Å². The summed E-state index contributed by atoms with van der Waals surface area (Å²) in [5, 5.41) is 11.8. The van der Waals surface area contributed by atoms with Gasteiger partial charge < -0.3 is 9.73 Å². The average Bonchev–Trinajstić information content (AvgIpc) is 2.93. The number of hydrogen-bond acceptors (Lipinski definition) is 4. The maximum absolute atomic E-state index is 5.84. The first-order valence-corrected chi connectivity index (χ1v) is 7.35. The van der Waals surface area contributed by atoms with Crippen LogP contribution >= 0.6 is 0 Å². The highest BCUT2D eigenvalue weighted by Crippen LogP contribution is 2.21. The van der Waals surface area contributed by atoms with Crippen molar-refractivity contribution in [3.8, 4) is 0 Å². The molecule has 1 aromatic carbocycles. The highest BCUT2D eigenvalue weighted by Gasteiger charge is 2.20. The Hall–Kier alpha value is -1.68. The molecular formula is C16H23N3O. The van der Waals surface area contributed by atoms with Crippen LogP contribution in [0.5, 0.6) is 0 Å². The molecule has 1 N–H and O–H groups in total. The number of aromatic nitrogens is 2. The molecule has 108 valence electrons. The van der Waals surface area contributed by atoms with Gasteiger partial charge >= 0.3 is 0 Å². The van der Waals surface area contributed by atoms with Gasteiger partial charge in [-0.1, -0.05) is 57.5 Å². The van der Waals surface area contributed by atoms with Gasteiger partial charge in [-0.25, -0.2) is 0 Å². The lowest BCUT2D eigenvalue weighted by Gasteiger charge is -2.14. The summed E-state index contributed by atoms with van der Waals surface area (Å²) in [6.45, 7) is 7.30. The summed E-state index contributed by atoms with van der Waals surface area (Å²) in [5.41, 5.74) is 1.15. The van der Waals surface area contributed by atoms with Crippen molar-refractivity contribution in [3.05, 3.63) is 47.7 Å². The molecule has 0 aliphatic rings. The summed E-state index contributed by atoms with van der Waals surface area (Å²) in [7, 11) is 0. The first-order chi connectivity index (χ1) is 9.74. The van der Waals surface area contributed by atoms with Crippen LogP contribution in [0.25, 0.3) is 0 Å². The number of benzene rings is 1. The van der Waals surface area contributed by atoms with Gasteiger partial charge in [-0.05, 0) is 18.0 Å². The fourth-order valence-electron chi connectivity index (χ4n) is 2.11. The van der Waals surface area contributed by atoms with Crippen molar-refractivity contribution in [3.63, 3.8) is 0 Å². The predicted molar refractivity (Wildman–Crippen MR) is 79.4 cm³/mol. The van der Waals surface area contributed by atoms with Crippen LogP contribution in [0.3, 0.4) is 0 Å². The molecule has 0 aliphatic heterocycles. The summed E-state index contributed by atoms with van der Waals surface area (Å²) in [6.07, 6.45) is 1.96. The fraction of sp³-hybridized carbons (Fsp3) is 0.500. The molecule has 0 spiro atoms. The Balaban J connectivity index is 2.18. The van der Waals surface area contributed by atoms with Gasteiger partial charge in [0.05, 0.1) is 0 Å². The summed E-state index contributed by atoms with van der Waals surface area (Å²) in [6, 6.07) is 10.2. The molecule has 2 unspecified atom stereocenters. The molecule has 0 saturated heterocycles. The van der Waals surface area contributed by atoms with Gasteiger partial charge in [-0.2, -0.15) is 0 Å². The van der Waals surface area contributed by atoms with Gasteiger partial charge in [0.2, 0.25) is 11.8 Å². The molecule has 0 amide bonds. The number of hydrogen-bond donors (Lipinski definition) is 1. The van der Waals surface area contributed by atoms with Crippen molar-refractivity contribution in [2.75, 3.05) is 6.54 Å². The number of rotatable bonds is 7. The first-order valence-electron chi connectivity index (χ1n) is 7.35. The van der Waals surface area contributed by atoms with Crippen LogP contribution < -0.4 is 5.32 Å². The average molecular weight is 273 g/mol. The van der Waals surface area contributed by atoms with E-state index < -0.39 is 0 Å². The van der Waals surface area contributed by atoms with E-state index in [0.717, 1.165) is 30.8 Å². The third-order valence-corrected chi connectivity index (χ3v) is 3.49. The molecule has 0 fully saturated rings. The van der Waals surface area contributed by atoms with Gasteiger partial charge in [-0.15, -0.1) is 10.2 Å². The molecule has 4 heteroatoms. The second-order valence-electron chi connectivity index (χ2n) is 5.15. The maximum atomic E-state index is 5.84. The van der Waals surface area contributed by atoms with Crippen molar-refractivity contribution in [1.82, 2.24) is 15.5 Å². The third kappa shape index (κ3) is 3.67. The van der Waals surface area contributed by atoms with Crippen molar-refractivity contribution >= 4 is 0 Å². The monoisotopic (exact) mass is 273 g/mol. The SMILES string of the molecule is CCNC(c1ccccc1)c1nnc(CC(C)CC)o1. The summed E-state index contributed by atoms with van der Waals surface area (Å²) < 4.78 is 5.84. The van der Waals surface area contributed by atoms with E-state index in [-0.39, 0.29) is 6.04 Å². The first kappa shape index (κ1) is 14.7. The summed E-state index contributed by atoms with van der Waals surface area (Å²) in [4.78, 5) is 0. The molecule has 0 saturated carbocycles. The smallest absolute Gasteiger partial charge is 0.237 e. The van der Waals surface area contributed by atoms with Crippen LogP contribution in [-0.2, 0) is 6.42 Å². The normalized spacial score (nSPS) is 14.2. The zero-order valence-electron chi connectivity index (χ0n) is 12.5. The highest BCUT2D eigenvalue weighted by molar-refractivity contribution is 5.23. The van der Waals surface area contributed by atoms with Gasteiger partial charge in [0.1, 0.15) is 6.04 Å². The van der Waals surface area contributed by atoms with Crippen molar-refractivity contribution in [2.24, 2.45) is 5.92 Å². The van der Waals surface area contributed by atoms with Gasteiger partial charge in [0, 0.05) is 6.42 Å². The zero-order valence-corrected chi connectivity index (χ0v) is 12.5. The Labute approximate surface area is 120 Å². The van der Waals surface area contributed by atoms with Crippen LogP contribution in [0.1, 0.15) is 50.6 Å². The third-order valence-electron chi connectivity index (χ3n) is 3.49. The maximum Gasteiger partial charge on any atom is 0.237 e. The van der Waals surface area contributed by atoms with E-state index in [1.807, 2.05) is 18.2 Å². The molecule has 2 atom stereocenters. The highest BCUT2D eigenvalue weighted by atomic mass is 16.4. The fourth-order valence-corrected chi connectivity index (χ4v) is 2.11. The van der Waals surface area contributed by atoms with Crippen molar-refractivity contribution in [1.29, 1.82) is 0 Å². The topological polar surface area (TPSA) is 51.0 Å². The quantitative estimate of drug-likeness (QED) is 0.840. The Kier molecular flexibility index (Phi) is 5.30. The van der Waals surface area contributed by atoms with E-state index >= 15 is 0 Å². The molecular weight excluding hydrogens is 250 g/mol.